The van der Waals surface area contributed by atoms with Crippen LogP contribution in [0.1, 0.15) is 112 Å². The van der Waals surface area contributed by atoms with Crippen LogP contribution in [-0.4, -0.2) is 23.1 Å². The Morgan fingerprint density at radius 3 is 2.24 bits per heavy atom. The summed E-state index contributed by atoms with van der Waals surface area (Å²) in [7, 11) is 0. The number of ether oxygens (including phenoxy) is 1. The van der Waals surface area contributed by atoms with Crippen molar-refractivity contribution in [2.75, 3.05) is 0 Å². The second kappa shape index (κ2) is 7.23. The Morgan fingerprint density at radius 1 is 0.909 bits per heavy atom. The van der Waals surface area contributed by atoms with Gasteiger partial charge in [0.15, 0.2) is 0 Å². The predicted octanol–water partition coefficient (Wildman–Crippen LogP) is 6.86. The summed E-state index contributed by atoms with van der Waals surface area (Å²) >= 11 is 0. The van der Waals surface area contributed by atoms with Crippen LogP contribution >= 0.6 is 0 Å². The molecule has 0 aliphatic heterocycles. The average molecular weight is 459 g/mol. The summed E-state index contributed by atoms with van der Waals surface area (Å²) in [5, 5.41) is 9.24. The lowest BCUT2D eigenvalue weighted by Crippen LogP contribution is -2.58. The van der Waals surface area contributed by atoms with Gasteiger partial charge in [-0.3, -0.25) is 9.59 Å². The number of carbonyl (C=O) groups excluding carboxylic acids is 1. The largest absolute Gasteiger partial charge is 0.481 e. The van der Waals surface area contributed by atoms with E-state index in [-0.39, 0.29) is 17.5 Å². The van der Waals surface area contributed by atoms with Gasteiger partial charge in [0.25, 0.3) is 0 Å². The van der Waals surface area contributed by atoms with Crippen LogP contribution in [0.2, 0.25) is 0 Å². The Hall–Kier alpha value is -1.06. The van der Waals surface area contributed by atoms with Crippen LogP contribution < -0.4 is 0 Å². The van der Waals surface area contributed by atoms with E-state index in [1.54, 1.807) is 6.92 Å². The van der Waals surface area contributed by atoms with Crippen LogP contribution in [0.4, 0.5) is 0 Å². The molecule has 33 heavy (non-hydrogen) atoms. The number of rotatable bonds is 5. The second-order valence-electron chi connectivity index (χ2n) is 14.0. The molecular formula is C29H46O4. The van der Waals surface area contributed by atoms with Gasteiger partial charge in [-0.05, 0) is 110 Å². The van der Waals surface area contributed by atoms with E-state index >= 15 is 0 Å². The molecule has 5 aliphatic rings. The number of hydrogen-bond acceptors (Lipinski definition) is 3. The van der Waals surface area contributed by atoms with E-state index in [0.717, 1.165) is 18.8 Å². The highest BCUT2D eigenvalue weighted by Crippen LogP contribution is 2.89. The normalized spacial score (nSPS) is 50.2. The summed E-state index contributed by atoms with van der Waals surface area (Å²) in [6, 6.07) is 0. The Balaban J connectivity index is 1.41. The molecular weight excluding hydrogens is 412 g/mol. The zero-order valence-electron chi connectivity index (χ0n) is 21.8. The average Bonchev–Trinajstić information content (AvgIpc) is 3.31. The van der Waals surface area contributed by atoms with Gasteiger partial charge in [-0.2, -0.15) is 0 Å². The number of carboxylic acids is 1. The number of aliphatic carboxylic acids is 1. The van der Waals surface area contributed by atoms with Gasteiger partial charge in [-0.1, -0.05) is 34.6 Å². The van der Waals surface area contributed by atoms with Crippen LogP contribution in [0.25, 0.3) is 0 Å². The van der Waals surface area contributed by atoms with Crippen LogP contribution in [0, 0.1) is 50.7 Å². The topological polar surface area (TPSA) is 63.6 Å². The Morgan fingerprint density at radius 2 is 1.58 bits per heavy atom. The fraction of sp³-hybridized carbons (Fsp3) is 0.931. The molecule has 0 amide bonds. The maximum Gasteiger partial charge on any atom is 0.303 e. The first kappa shape index (κ1) is 23.7. The van der Waals surface area contributed by atoms with E-state index in [0.29, 0.717) is 45.8 Å². The smallest absolute Gasteiger partial charge is 0.303 e. The third-order valence-corrected chi connectivity index (χ3v) is 12.9. The maximum absolute atomic E-state index is 11.8. The lowest BCUT2D eigenvalue weighted by atomic mass is 9.41. The number of hydrogen-bond donors (Lipinski definition) is 1. The minimum atomic E-state index is -0.652. The van der Waals surface area contributed by atoms with Crippen molar-refractivity contribution in [2.45, 2.75) is 118 Å². The van der Waals surface area contributed by atoms with Gasteiger partial charge in [0, 0.05) is 18.8 Å². The first-order valence-corrected chi connectivity index (χ1v) is 13.7. The maximum atomic E-state index is 11.8. The van der Waals surface area contributed by atoms with Gasteiger partial charge in [-0.25, -0.2) is 0 Å². The number of carbonyl (C=O) groups is 2. The van der Waals surface area contributed by atoms with Crippen LogP contribution in [0.3, 0.4) is 0 Å². The Labute approximate surface area is 200 Å². The van der Waals surface area contributed by atoms with Crippen molar-refractivity contribution in [3.63, 3.8) is 0 Å². The highest BCUT2D eigenvalue weighted by Gasteiger charge is 2.82. The minimum absolute atomic E-state index is 0.0591. The molecule has 1 N–H and O–H groups in total. The van der Waals surface area contributed by atoms with Gasteiger partial charge in [0.2, 0.25) is 0 Å². The van der Waals surface area contributed by atoms with Gasteiger partial charge in [0.1, 0.15) is 6.10 Å². The zero-order valence-corrected chi connectivity index (χ0v) is 21.8. The van der Waals surface area contributed by atoms with Crippen molar-refractivity contribution < 1.29 is 19.4 Å². The van der Waals surface area contributed by atoms with E-state index < -0.39 is 5.97 Å². The highest BCUT2D eigenvalue weighted by atomic mass is 16.5. The molecule has 4 heteroatoms. The molecule has 0 bridgehead atoms. The molecule has 5 aliphatic carbocycles. The Kier molecular flexibility index (Phi) is 5.19. The molecule has 186 valence electrons. The molecule has 0 aromatic rings. The highest BCUT2D eigenvalue weighted by molar-refractivity contribution is 5.66. The summed E-state index contributed by atoms with van der Waals surface area (Å²) in [4.78, 5) is 23.0. The van der Waals surface area contributed by atoms with E-state index in [4.69, 9.17) is 4.74 Å². The minimum Gasteiger partial charge on any atom is -0.481 e. The van der Waals surface area contributed by atoms with Gasteiger partial charge >= 0.3 is 11.9 Å². The van der Waals surface area contributed by atoms with E-state index in [2.05, 4.69) is 34.6 Å². The van der Waals surface area contributed by atoms with Crippen molar-refractivity contribution in [1.82, 2.24) is 0 Å². The second-order valence-corrected chi connectivity index (χ2v) is 14.0. The molecule has 3 unspecified atom stereocenters. The van der Waals surface area contributed by atoms with Gasteiger partial charge < -0.3 is 9.84 Å². The van der Waals surface area contributed by atoms with Crippen LogP contribution in [0.5, 0.6) is 0 Å². The monoisotopic (exact) mass is 458 g/mol. The summed E-state index contributed by atoms with van der Waals surface area (Å²) in [6.07, 6.45) is 12.7. The van der Waals surface area contributed by atoms with Gasteiger partial charge in [-0.15, -0.1) is 0 Å². The van der Waals surface area contributed by atoms with E-state index in [1.807, 2.05) is 0 Å². The zero-order chi connectivity index (χ0) is 24.0. The Bertz CT molecular complexity index is 849. The predicted molar refractivity (Wildman–Crippen MR) is 128 cm³/mol. The summed E-state index contributed by atoms with van der Waals surface area (Å²) < 4.78 is 5.86. The lowest BCUT2D eigenvalue weighted by Gasteiger charge is -2.63. The van der Waals surface area contributed by atoms with Crippen molar-refractivity contribution in [2.24, 2.45) is 50.7 Å². The molecule has 0 heterocycles. The lowest BCUT2D eigenvalue weighted by molar-refractivity contribution is -0.181. The summed E-state index contributed by atoms with van der Waals surface area (Å²) in [5.41, 5.74) is 1.74. The molecule has 4 nitrogen and oxygen atoms in total. The van der Waals surface area contributed by atoms with E-state index in [1.165, 1.54) is 51.4 Å². The molecule has 0 aromatic heterocycles. The van der Waals surface area contributed by atoms with Crippen molar-refractivity contribution >= 4 is 11.9 Å². The molecule has 0 saturated heterocycles. The van der Waals surface area contributed by atoms with Crippen LogP contribution in [0.15, 0.2) is 0 Å². The number of carboxylic acid groups (broad SMARTS) is 1. The van der Waals surface area contributed by atoms with Gasteiger partial charge in [0.05, 0.1) is 0 Å². The summed E-state index contributed by atoms with van der Waals surface area (Å²) in [5.74, 6) is 1.84. The van der Waals surface area contributed by atoms with Crippen molar-refractivity contribution in [3.8, 4) is 0 Å². The van der Waals surface area contributed by atoms with Crippen LogP contribution in [-0.2, 0) is 14.3 Å². The molecule has 5 saturated carbocycles. The fourth-order valence-corrected chi connectivity index (χ4v) is 11.3. The SMILES string of the molecule is CC(=O)O[C@H]1CC[C@]23C[C@]24CC[C@]2(C)C([C@H](C)CCC(=O)O)CC[C@@]2(C)C4CCC3C1(C)C. The molecule has 0 radical (unpaired) electrons. The quantitative estimate of drug-likeness (QED) is 0.457. The molecule has 5 fully saturated rings. The molecule has 2 spiro atoms. The first-order valence-electron chi connectivity index (χ1n) is 13.7. The van der Waals surface area contributed by atoms with Crippen molar-refractivity contribution in [1.29, 1.82) is 0 Å². The third kappa shape index (κ3) is 2.94. The molecule has 0 aromatic carbocycles. The third-order valence-electron chi connectivity index (χ3n) is 12.9. The molecule has 9 atom stereocenters. The molecule has 5 rings (SSSR count). The van der Waals surface area contributed by atoms with E-state index in [9.17, 15) is 14.7 Å². The van der Waals surface area contributed by atoms with Crippen molar-refractivity contribution in [3.05, 3.63) is 0 Å². The number of esters is 1. The summed E-state index contributed by atoms with van der Waals surface area (Å²) in [6.45, 7) is 13.9. The standard InChI is InChI=1S/C29H46O4/c1-18(7-10-24(31)32)20-11-13-27(6)22-9-8-21-25(3,4)23(33-19(2)30)12-14-28(21)17-29(22,28)16-15-26(20,27)5/h18,20-23H,7-17H2,1-6H3,(H,31,32)/t18-,20?,21?,22?,23+,26-,27+,28-,29+/m1/s1. The fourth-order valence-electron chi connectivity index (χ4n) is 11.3. The first-order chi connectivity index (χ1) is 15.3. The number of fused-ring (bicyclic) bond motifs is 2.